The second-order valence-electron chi connectivity index (χ2n) is 4.83. The molecule has 1 aromatic carbocycles. The number of Topliss-reactive ketones (excluding diaryl/α,β-unsaturated/α-hetero) is 1. The van der Waals surface area contributed by atoms with E-state index in [1.807, 2.05) is 22.9 Å². The second-order valence-corrected chi connectivity index (χ2v) is 6.31. The number of carbonyl (C=O) groups is 1. The molecule has 20 heavy (non-hydrogen) atoms. The van der Waals surface area contributed by atoms with E-state index in [1.54, 1.807) is 0 Å². The number of hydrogen-bond acceptors (Lipinski definition) is 3. The molecule has 1 atom stereocenters. The van der Waals surface area contributed by atoms with Crippen LogP contribution in [0.2, 0.25) is 0 Å². The summed E-state index contributed by atoms with van der Waals surface area (Å²) in [4.78, 5) is 12.1. The van der Waals surface area contributed by atoms with Crippen LogP contribution in [0, 0.1) is 0 Å². The lowest BCUT2D eigenvalue weighted by molar-refractivity contribution is -0.0367. The van der Waals surface area contributed by atoms with Crippen LogP contribution in [0.15, 0.2) is 22.7 Å². The third kappa shape index (κ3) is 2.56. The van der Waals surface area contributed by atoms with E-state index in [0.29, 0.717) is 5.69 Å². The van der Waals surface area contributed by atoms with Crippen LogP contribution in [0.5, 0.6) is 0 Å². The molecular formula is C14H14Br2N2O2. The number of ketones is 1. The minimum Gasteiger partial charge on any atom is -0.356 e. The monoisotopic (exact) mass is 400 g/mol. The quantitative estimate of drug-likeness (QED) is 0.575. The van der Waals surface area contributed by atoms with Crippen molar-refractivity contribution in [3.63, 3.8) is 0 Å². The summed E-state index contributed by atoms with van der Waals surface area (Å²) in [6, 6.07) is 5.89. The molecule has 0 radical (unpaired) electrons. The first-order valence-corrected chi connectivity index (χ1v) is 8.50. The van der Waals surface area contributed by atoms with Gasteiger partial charge in [-0.25, -0.2) is 4.68 Å². The van der Waals surface area contributed by atoms with Gasteiger partial charge in [0, 0.05) is 16.5 Å². The van der Waals surface area contributed by atoms with Gasteiger partial charge in [-0.05, 0) is 37.5 Å². The van der Waals surface area contributed by atoms with Gasteiger partial charge in [0.15, 0.2) is 12.0 Å². The van der Waals surface area contributed by atoms with Crippen molar-refractivity contribution in [1.82, 2.24) is 9.78 Å². The molecule has 0 aliphatic carbocycles. The van der Waals surface area contributed by atoms with Gasteiger partial charge in [-0.15, -0.1) is 0 Å². The fraction of sp³-hybridized carbons (Fsp3) is 0.429. The molecule has 4 nitrogen and oxygen atoms in total. The van der Waals surface area contributed by atoms with Crippen LogP contribution in [0.1, 0.15) is 36.0 Å². The number of nitrogens with zero attached hydrogens (tertiary/aromatic N) is 2. The fourth-order valence-corrected chi connectivity index (χ4v) is 3.15. The molecule has 106 valence electrons. The number of hydrogen-bond donors (Lipinski definition) is 0. The molecule has 3 rings (SSSR count). The highest BCUT2D eigenvalue weighted by molar-refractivity contribution is 9.10. The number of halogens is 2. The third-order valence-corrected chi connectivity index (χ3v) is 4.48. The molecule has 0 N–H and O–H groups in total. The Morgan fingerprint density at radius 3 is 3.00 bits per heavy atom. The summed E-state index contributed by atoms with van der Waals surface area (Å²) in [5.41, 5.74) is 1.46. The van der Waals surface area contributed by atoms with Crippen molar-refractivity contribution in [1.29, 1.82) is 0 Å². The summed E-state index contributed by atoms with van der Waals surface area (Å²) in [5, 5.41) is 5.66. The van der Waals surface area contributed by atoms with Gasteiger partial charge in [0.2, 0.25) is 0 Å². The van der Waals surface area contributed by atoms with E-state index in [4.69, 9.17) is 4.74 Å². The van der Waals surface area contributed by atoms with E-state index in [0.717, 1.165) is 41.2 Å². The third-order valence-electron chi connectivity index (χ3n) is 3.48. The summed E-state index contributed by atoms with van der Waals surface area (Å²) in [6.07, 6.45) is 3.09. The average molecular weight is 402 g/mol. The SMILES string of the molecule is O=C(CBr)c1nn(C2CCCCO2)c2ccc(Br)cc12. The topological polar surface area (TPSA) is 44.1 Å². The summed E-state index contributed by atoms with van der Waals surface area (Å²) in [6.45, 7) is 0.754. The minimum atomic E-state index is -0.0655. The van der Waals surface area contributed by atoms with Gasteiger partial charge in [0.25, 0.3) is 0 Å². The van der Waals surface area contributed by atoms with Crippen molar-refractivity contribution in [3.05, 3.63) is 28.4 Å². The van der Waals surface area contributed by atoms with Crippen molar-refractivity contribution in [2.75, 3.05) is 11.9 Å². The smallest absolute Gasteiger partial charge is 0.194 e. The van der Waals surface area contributed by atoms with Gasteiger partial charge >= 0.3 is 0 Å². The fourth-order valence-electron chi connectivity index (χ4n) is 2.52. The van der Waals surface area contributed by atoms with Crippen molar-refractivity contribution < 1.29 is 9.53 Å². The average Bonchev–Trinajstić information content (AvgIpc) is 2.86. The summed E-state index contributed by atoms with van der Waals surface area (Å²) >= 11 is 6.67. The maximum absolute atomic E-state index is 12.1. The summed E-state index contributed by atoms with van der Waals surface area (Å²) < 4.78 is 8.60. The van der Waals surface area contributed by atoms with E-state index < -0.39 is 0 Å². The number of fused-ring (bicyclic) bond motifs is 1. The molecule has 0 amide bonds. The second kappa shape index (κ2) is 5.95. The maximum Gasteiger partial charge on any atom is 0.194 e. The standard InChI is InChI=1S/C14H14Br2N2O2/c15-8-12(19)14-10-7-9(16)4-5-11(10)18(17-14)13-3-1-2-6-20-13/h4-5,7,13H,1-3,6,8H2. The summed E-state index contributed by atoms with van der Waals surface area (Å²) in [5.74, 6) is -0.0114. The van der Waals surface area contributed by atoms with Crippen LogP contribution in [-0.2, 0) is 4.74 Å². The highest BCUT2D eigenvalue weighted by Crippen LogP contribution is 2.30. The van der Waals surface area contributed by atoms with E-state index in [-0.39, 0.29) is 17.3 Å². The van der Waals surface area contributed by atoms with Crippen molar-refractivity contribution in [2.24, 2.45) is 0 Å². The van der Waals surface area contributed by atoms with Crippen molar-refractivity contribution in [3.8, 4) is 0 Å². The molecule has 1 unspecified atom stereocenters. The Kier molecular flexibility index (Phi) is 4.23. The number of aromatic nitrogens is 2. The Bertz CT molecular complexity index is 648. The molecule has 2 heterocycles. The Hall–Kier alpha value is -0.720. The molecule has 1 aromatic heterocycles. The molecule has 1 aliphatic heterocycles. The van der Waals surface area contributed by atoms with E-state index in [2.05, 4.69) is 37.0 Å². The van der Waals surface area contributed by atoms with Crippen LogP contribution in [0.4, 0.5) is 0 Å². The van der Waals surface area contributed by atoms with Gasteiger partial charge in [0.05, 0.1) is 10.8 Å². The van der Waals surface area contributed by atoms with E-state index in [1.165, 1.54) is 0 Å². The highest BCUT2D eigenvalue weighted by Gasteiger charge is 2.23. The van der Waals surface area contributed by atoms with Crippen LogP contribution < -0.4 is 0 Å². The lowest BCUT2D eigenvalue weighted by Crippen LogP contribution is -2.19. The zero-order chi connectivity index (χ0) is 14.1. The zero-order valence-electron chi connectivity index (χ0n) is 10.8. The number of carbonyl (C=O) groups excluding carboxylic acids is 1. The van der Waals surface area contributed by atoms with Gasteiger partial charge in [-0.3, -0.25) is 4.79 Å². The van der Waals surface area contributed by atoms with E-state index in [9.17, 15) is 4.79 Å². The zero-order valence-corrected chi connectivity index (χ0v) is 14.0. The molecule has 2 aromatic rings. The van der Waals surface area contributed by atoms with E-state index >= 15 is 0 Å². The largest absolute Gasteiger partial charge is 0.356 e. The Morgan fingerprint density at radius 2 is 2.30 bits per heavy atom. The number of benzene rings is 1. The Balaban J connectivity index is 2.14. The Morgan fingerprint density at radius 1 is 1.45 bits per heavy atom. The first-order valence-electron chi connectivity index (χ1n) is 6.59. The normalized spacial score (nSPS) is 19.4. The highest BCUT2D eigenvalue weighted by atomic mass is 79.9. The number of alkyl halides is 1. The molecular weight excluding hydrogens is 388 g/mol. The van der Waals surface area contributed by atoms with Gasteiger partial charge in [-0.1, -0.05) is 31.9 Å². The summed E-state index contributed by atoms with van der Waals surface area (Å²) in [7, 11) is 0. The van der Waals surface area contributed by atoms with Crippen LogP contribution >= 0.6 is 31.9 Å². The molecule has 1 fully saturated rings. The first-order chi connectivity index (χ1) is 9.70. The lowest BCUT2D eigenvalue weighted by atomic mass is 10.1. The predicted molar refractivity (Wildman–Crippen MR) is 84.4 cm³/mol. The Labute approximate surface area is 133 Å². The maximum atomic E-state index is 12.1. The van der Waals surface area contributed by atoms with Crippen LogP contribution in [-0.4, -0.2) is 27.5 Å². The predicted octanol–water partition coefficient (Wildman–Crippen LogP) is 4.08. The van der Waals surface area contributed by atoms with Crippen molar-refractivity contribution in [2.45, 2.75) is 25.5 Å². The van der Waals surface area contributed by atoms with Gasteiger partial charge in [-0.2, -0.15) is 5.10 Å². The number of ether oxygens (including phenoxy) is 1. The minimum absolute atomic E-state index is 0.0114. The van der Waals surface area contributed by atoms with Crippen LogP contribution in [0.25, 0.3) is 10.9 Å². The van der Waals surface area contributed by atoms with Gasteiger partial charge < -0.3 is 4.74 Å². The molecule has 6 heteroatoms. The molecule has 1 saturated heterocycles. The number of rotatable bonds is 3. The molecule has 0 spiro atoms. The first kappa shape index (κ1) is 14.2. The molecule has 0 bridgehead atoms. The lowest BCUT2D eigenvalue weighted by Gasteiger charge is -2.23. The van der Waals surface area contributed by atoms with Crippen molar-refractivity contribution >= 4 is 48.5 Å². The van der Waals surface area contributed by atoms with Gasteiger partial charge in [0.1, 0.15) is 5.69 Å². The molecule has 0 saturated carbocycles. The van der Waals surface area contributed by atoms with Crippen LogP contribution in [0.3, 0.4) is 0 Å². The molecule has 1 aliphatic rings.